The average Bonchev–Trinajstić information content (AvgIpc) is 2.52. The van der Waals surface area contributed by atoms with E-state index >= 15 is 0 Å². The minimum absolute atomic E-state index is 0.210. The fourth-order valence-electron chi connectivity index (χ4n) is 3.23. The molecule has 1 N–H and O–H groups in total. The molecule has 0 saturated carbocycles. The molecule has 4 amide bonds. The van der Waals surface area contributed by atoms with E-state index in [1.807, 2.05) is 0 Å². The van der Waals surface area contributed by atoms with Gasteiger partial charge in [0.1, 0.15) is 0 Å². The first kappa shape index (κ1) is 13.6. The van der Waals surface area contributed by atoms with Crippen molar-refractivity contribution in [3.05, 3.63) is 41.5 Å². The minimum atomic E-state index is -0.583. The zero-order chi connectivity index (χ0) is 16.1. The van der Waals surface area contributed by atoms with E-state index in [9.17, 15) is 19.2 Å². The van der Waals surface area contributed by atoms with E-state index in [-0.39, 0.29) is 35.9 Å². The predicted octanol–water partition coefficient (Wildman–Crippen LogP) is 1.77. The first-order valence-corrected chi connectivity index (χ1v) is 7.35. The molecule has 0 unspecified atom stereocenters. The Kier molecular flexibility index (Phi) is 2.81. The molecule has 1 saturated heterocycles. The molecule has 0 aliphatic carbocycles. The third-order valence-electron chi connectivity index (χ3n) is 4.24. The van der Waals surface area contributed by atoms with E-state index in [1.165, 1.54) is 0 Å². The van der Waals surface area contributed by atoms with Crippen LogP contribution >= 0.6 is 0 Å². The number of amides is 4. The predicted molar refractivity (Wildman–Crippen MR) is 82.1 cm³/mol. The van der Waals surface area contributed by atoms with Crippen LogP contribution in [0.4, 0.5) is 5.69 Å². The van der Waals surface area contributed by atoms with E-state index in [2.05, 4.69) is 5.32 Å². The Labute approximate surface area is 131 Å². The normalized spacial score (nSPS) is 17.7. The summed E-state index contributed by atoms with van der Waals surface area (Å²) in [5.41, 5.74) is 0.835. The van der Waals surface area contributed by atoms with Crippen molar-refractivity contribution in [2.45, 2.75) is 19.3 Å². The number of anilines is 1. The minimum Gasteiger partial charge on any atom is -0.288 e. The van der Waals surface area contributed by atoms with Crippen LogP contribution in [0.1, 0.15) is 40.0 Å². The molecule has 2 heterocycles. The van der Waals surface area contributed by atoms with Crippen molar-refractivity contribution in [1.29, 1.82) is 0 Å². The lowest BCUT2D eigenvalue weighted by Crippen LogP contribution is -2.43. The second-order valence-corrected chi connectivity index (χ2v) is 5.62. The summed E-state index contributed by atoms with van der Waals surface area (Å²) in [6, 6.07) is 8.46. The molecule has 2 aliphatic rings. The summed E-state index contributed by atoms with van der Waals surface area (Å²) < 4.78 is 0. The average molecular weight is 308 g/mol. The Morgan fingerprint density at radius 3 is 2.35 bits per heavy atom. The summed E-state index contributed by atoms with van der Waals surface area (Å²) >= 11 is 0. The summed E-state index contributed by atoms with van der Waals surface area (Å²) in [5.74, 6) is -1.69. The molecular weight excluding hydrogens is 296 g/mol. The summed E-state index contributed by atoms with van der Waals surface area (Å²) in [4.78, 5) is 49.9. The van der Waals surface area contributed by atoms with Crippen LogP contribution in [0.2, 0.25) is 0 Å². The van der Waals surface area contributed by atoms with Gasteiger partial charge in [-0.25, -0.2) is 4.90 Å². The number of hydrogen-bond donors (Lipinski definition) is 1. The van der Waals surface area contributed by atoms with Crippen LogP contribution in [0.3, 0.4) is 0 Å². The first-order valence-electron chi connectivity index (χ1n) is 7.35. The summed E-state index contributed by atoms with van der Waals surface area (Å²) in [5, 5.41) is 3.49. The monoisotopic (exact) mass is 308 g/mol. The van der Waals surface area contributed by atoms with Gasteiger partial charge in [0.25, 0.3) is 11.8 Å². The van der Waals surface area contributed by atoms with Crippen molar-refractivity contribution in [2.24, 2.45) is 0 Å². The molecule has 6 nitrogen and oxygen atoms in total. The largest absolute Gasteiger partial charge is 0.288 e. The Morgan fingerprint density at radius 1 is 0.870 bits per heavy atom. The van der Waals surface area contributed by atoms with Gasteiger partial charge in [0.05, 0.1) is 11.3 Å². The number of nitrogens with zero attached hydrogens (tertiary/aromatic N) is 1. The molecule has 0 spiro atoms. The highest BCUT2D eigenvalue weighted by Crippen LogP contribution is 2.35. The van der Waals surface area contributed by atoms with Gasteiger partial charge in [0.2, 0.25) is 11.8 Å². The van der Waals surface area contributed by atoms with Crippen molar-refractivity contribution in [3.8, 4) is 0 Å². The van der Waals surface area contributed by atoms with Crippen LogP contribution < -0.4 is 10.2 Å². The molecular formula is C17H12N2O4. The highest BCUT2D eigenvalue weighted by Gasteiger charge is 2.34. The standard InChI is InChI=1S/C17H12N2O4/c20-12-5-2-6-13(21)19(12)11-8-7-9-3-1-4-10-14(9)15(11)17(23)18-16(10)22/h1,3-4,7-8H,2,5-6H2,(H,18,22,23). The lowest BCUT2D eigenvalue weighted by Gasteiger charge is -2.28. The van der Waals surface area contributed by atoms with Crippen molar-refractivity contribution >= 4 is 40.1 Å². The molecule has 0 atom stereocenters. The molecule has 6 heteroatoms. The highest BCUT2D eigenvalue weighted by atomic mass is 16.2. The fourth-order valence-corrected chi connectivity index (χ4v) is 3.23. The maximum absolute atomic E-state index is 12.4. The van der Waals surface area contributed by atoms with Crippen LogP contribution in [0.25, 0.3) is 10.8 Å². The van der Waals surface area contributed by atoms with Gasteiger partial charge in [0.15, 0.2) is 0 Å². The lowest BCUT2D eigenvalue weighted by molar-refractivity contribution is -0.129. The van der Waals surface area contributed by atoms with Gasteiger partial charge in [-0.1, -0.05) is 18.2 Å². The van der Waals surface area contributed by atoms with E-state index in [4.69, 9.17) is 0 Å². The number of nitrogens with one attached hydrogen (secondary N) is 1. The van der Waals surface area contributed by atoms with Crippen molar-refractivity contribution < 1.29 is 19.2 Å². The third kappa shape index (κ3) is 1.88. The van der Waals surface area contributed by atoms with Gasteiger partial charge in [-0.05, 0) is 23.9 Å². The molecule has 0 bridgehead atoms. The number of piperidine rings is 1. The van der Waals surface area contributed by atoms with Crippen molar-refractivity contribution in [2.75, 3.05) is 4.90 Å². The topological polar surface area (TPSA) is 83.6 Å². The molecule has 2 aromatic carbocycles. The molecule has 4 rings (SSSR count). The lowest BCUT2D eigenvalue weighted by atomic mass is 9.92. The Balaban J connectivity index is 2.05. The van der Waals surface area contributed by atoms with Gasteiger partial charge in [-0.15, -0.1) is 0 Å². The summed E-state index contributed by atoms with van der Waals surface area (Å²) in [6.45, 7) is 0. The van der Waals surface area contributed by atoms with Crippen LogP contribution in [0.15, 0.2) is 30.3 Å². The summed E-state index contributed by atoms with van der Waals surface area (Å²) in [7, 11) is 0. The second kappa shape index (κ2) is 4.74. The van der Waals surface area contributed by atoms with Gasteiger partial charge >= 0.3 is 0 Å². The highest BCUT2D eigenvalue weighted by molar-refractivity contribution is 6.30. The van der Waals surface area contributed by atoms with Crippen molar-refractivity contribution in [3.63, 3.8) is 0 Å². The maximum Gasteiger partial charge on any atom is 0.260 e. The smallest absolute Gasteiger partial charge is 0.260 e. The molecule has 1 fully saturated rings. The number of carbonyl (C=O) groups excluding carboxylic acids is 4. The number of rotatable bonds is 1. The van der Waals surface area contributed by atoms with Gasteiger partial charge < -0.3 is 0 Å². The Hall–Kier alpha value is -3.02. The zero-order valence-corrected chi connectivity index (χ0v) is 12.1. The molecule has 23 heavy (non-hydrogen) atoms. The molecule has 0 radical (unpaired) electrons. The van der Waals surface area contributed by atoms with Crippen LogP contribution in [-0.2, 0) is 9.59 Å². The van der Waals surface area contributed by atoms with Gasteiger partial charge in [0, 0.05) is 23.8 Å². The van der Waals surface area contributed by atoms with Gasteiger partial charge in [-0.3, -0.25) is 24.5 Å². The Bertz CT molecular complexity index is 900. The molecule has 2 aliphatic heterocycles. The van der Waals surface area contributed by atoms with Crippen molar-refractivity contribution in [1.82, 2.24) is 5.32 Å². The molecule has 0 aromatic heterocycles. The van der Waals surface area contributed by atoms with Crippen LogP contribution in [0.5, 0.6) is 0 Å². The van der Waals surface area contributed by atoms with E-state index < -0.39 is 11.8 Å². The van der Waals surface area contributed by atoms with E-state index in [1.54, 1.807) is 30.3 Å². The third-order valence-corrected chi connectivity index (χ3v) is 4.24. The van der Waals surface area contributed by atoms with Crippen LogP contribution in [0, 0.1) is 0 Å². The second-order valence-electron chi connectivity index (χ2n) is 5.62. The fraction of sp³-hybridized carbons (Fsp3) is 0.176. The molecule has 2 aromatic rings. The Morgan fingerprint density at radius 2 is 1.61 bits per heavy atom. The van der Waals surface area contributed by atoms with E-state index in [0.29, 0.717) is 17.4 Å². The number of carbonyl (C=O) groups is 4. The number of benzene rings is 2. The van der Waals surface area contributed by atoms with Crippen LogP contribution in [-0.4, -0.2) is 23.6 Å². The number of hydrogen-bond acceptors (Lipinski definition) is 4. The summed E-state index contributed by atoms with van der Waals surface area (Å²) in [6.07, 6.45) is 1.06. The zero-order valence-electron chi connectivity index (χ0n) is 12.1. The maximum atomic E-state index is 12.4. The first-order chi connectivity index (χ1) is 11.1. The number of imide groups is 2. The molecule has 114 valence electrons. The van der Waals surface area contributed by atoms with Gasteiger partial charge in [-0.2, -0.15) is 0 Å². The SMILES string of the molecule is O=C1NC(=O)c2c(N3C(=O)CCCC3=O)ccc3cccc1c23. The van der Waals surface area contributed by atoms with E-state index in [0.717, 1.165) is 10.3 Å². The quantitative estimate of drug-likeness (QED) is 0.814.